The van der Waals surface area contributed by atoms with Crippen molar-refractivity contribution in [1.82, 2.24) is 4.31 Å². The number of rotatable bonds is 3. The Labute approximate surface area is 122 Å². The summed E-state index contributed by atoms with van der Waals surface area (Å²) in [6, 6.07) is 5.07. The van der Waals surface area contributed by atoms with Gasteiger partial charge in [-0.05, 0) is 42.9 Å². The van der Waals surface area contributed by atoms with E-state index in [9.17, 15) is 8.42 Å². The lowest BCUT2D eigenvalue weighted by Gasteiger charge is -2.38. The van der Waals surface area contributed by atoms with E-state index in [0.717, 1.165) is 24.8 Å². The predicted octanol–water partition coefficient (Wildman–Crippen LogP) is 2.78. The van der Waals surface area contributed by atoms with Crippen molar-refractivity contribution in [1.29, 1.82) is 0 Å². The molecule has 1 fully saturated rings. The number of sulfonamides is 1. The summed E-state index contributed by atoms with van der Waals surface area (Å²) in [5, 5.41) is 0. The Balaban J connectivity index is 2.26. The number of nitrogens with two attached hydrogens (primary N) is 1. The van der Waals surface area contributed by atoms with Crippen molar-refractivity contribution >= 4 is 15.7 Å². The van der Waals surface area contributed by atoms with Gasteiger partial charge in [0.1, 0.15) is 0 Å². The lowest BCUT2D eigenvalue weighted by molar-refractivity contribution is 0.169. The summed E-state index contributed by atoms with van der Waals surface area (Å²) in [6.45, 7) is 7.42. The van der Waals surface area contributed by atoms with Crippen LogP contribution in [0.5, 0.6) is 0 Å². The highest BCUT2D eigenvalue weighted by Gasteiger charge is 2.34. The van der Waals surface area contributed by atoms with Crippen molar-refractivity contribution in [3.8, 4) is 0 Å². The maximum Gasteiger partial charge on any atom is 0.243 e. The molecule has 2 rings (SSSR count). The molecule has 20 heavy (non-hydrogen) atoms. The van der Waals surface area contributed by atoms with Gasteiger partial charge in [0.2, 0.25) is 10.0 Å². The second kappa shape index (κ2) is 5.37. The largest absolute Gasteiger partial charge is 0.399 e. The van der Waals surface area contributed by atoms with Gasteiger partial charge >= 0.3 is 0 Å². The molecular weight excluding hydrogens is 272 g/mol. The van der Waals surface area contributed by atoms with Crippen LogP contribution < -0.4 is 5.73 Å². The first-order valence-electron chi connectivity index (χ1n) is 7.15. The fourth-order valence-electron chi connectivity index (χ4n) is 2.65. The van der Waals surface area contributed by atoms with E-state index in [-0.39, 0.29) is 5.41 Å². The summed E-state index contributed by atoms with van der Waals surface area (Å²) in [6.07, 6.45) is 2.94. The molecule has 0 amide bonds. The Morgan fingerprint density at radius 3 is 2.45 bits per heavy atom. The molecule has 2 N–H and O–H groups in total. The van der Waals surface area contributed by atoms with Crippen LogP contribution in [0.1, 0.15) is 38.7 Å². The van der Waals surface area contributed by atoms with Crippen molar-refractivity contribution in [3.05, 3.63) is 23.8 Å². The van der Waals surface area contributed by atoms with Crippen molar-refractivity contribution in [2.75, 3.05) is 18.8 Å². The fraction of sp³-hybridized carbons (Fsp3) is 0.600. The van der Waals surface area contributed by atoms with Crippen LogP contribution in [0, 0.1) is 12.3 Å². The van der Waals surface area contributed by atoms with Gasteiger partial charge in [-0.25, -0.2) is 8.42 Å². The van der Waals surface area contributed by atoms with Crippen LogP contribution in [0.4, 0.5) is 5.69 Å². The van der Waals surface area contributed by atoms with Crippen molar-refractivity contribution in [2.45, 2.75) is 44.9 Å². The third kappa shape index (κ3) is 2.83. The van der Waals surface area contributed by atoms with Crippen LogP contribution in [0.15, 0.2) is 23.1 Å². The van der Waals surface area contributed by atoms with Gasteiger partial charge in [-0.3, -0.25) is 0 Å². The van der Waals surface area contributed by atoms with Gasteiger partial charge in [0.05, 0.1) is 4.90 Å². The van der Waals surface area contributed by atoms with Crippen LogP contribution in [0.25, 0.3) is 0 Å². The van der Waals surface area contributed by atoms with Crippen LogP contribution in [-0.4, -0.2) is 25.8 Å². The number of hydrogen-bond donors (Lipinski definition) is 1. The van der Waals surface area contributed by atoms with Gasteiger partial charge in [-0.15, -0.1) is 0 Å². The highest BCUT2D eigenvalue weighted by atomic mass is 32.2. The summed E-state index contributed by atoms with van der Waals surface area (Å²) in [5.74, 6) is 0. The number of hydrogen-bond acceptors (Lipinski definition) is 3. The summed E-state index contributed by atoms with van der Waals surface area (Å²) >= 11 is 0. The van der Waals surface area contributed by atoms with E-state index in [2.05, 4.69) is 13.8 Å². The van der Waals surface area contributed by atoms with Crippen LogP contribution in [0.2, 0.25) is 0 Å². The zero-order chi connectivity index (χ0) is 15.0. The number of piperidine rings is 1. The standard InChI is InChI=1S/C15H24N2O2S/c1-4-15(3)7-9-17(10-8-15)20(18,19)14-11-13(16)6-5-12(14)2/h5-6,11H,4,7-10,16H2,1-3H3. The smallest absolute Gasteiger partial charge is 0.243 e. The quantitative estimate of drug-likeness (QED) is 0.872. The normalized spacial score (nSPS) is 19.9. The highest BCUT2D eigenvalue weighted by Crippen LogP contribution is 2.36. The maximum absolute atomic E-state index is 12.7. The Bertz CT molecular complexity index is 588. The van der Waals surface area contributed by atoms with Gasteiger partial charge in [-0.2, -0.15) is 4.31 Å². The van der Waals surface area contributed by atoms with Crippen molar-refractivity contribution < 1.29 is 8.42 Å². The van der Waals surface area contributed by atoms with E-state index < -0.39 is 10.0 Å². The Kier molecular flexibility index (Phi) is 4.12. The van der Waals surface area contributed by atoms with E-state index in [1.165, 1.54) is 0 Å². The molecule has 1 aliphatic rings. The summed E-state index contributed by atoms with van der Waals surface area (Å²) in [7, 11) is -3.42. The minimum Gasteiger partial charge on any atom is -0.399 e. The Morgan fingerprint density at radius 2 is 1.90 bits per heavy atom. The summed E-state index contributed by atoms with van der Waals surface area (Å²) in [4.78, 5) is 0.345. The molecule has 5 heteroatoms. The molecule has 0 radical (unpaired) electrons. The number of benzene rings is 1. The van der Waals surface area contributed by atoms with Crippen LogP contribution >= 0.6 is 0 Å². The second-order valence-electron chi connectivity index (χ2n) is 6.09. The molecular formula is C15H24N2O2S. The third-order valence-corrected chi connectivity index (χ3v) is 6.65. The molecule has 0 bridgehead atoms. The first-order valence-corrected chi connectivity index (χ1v) is 8.59. The van der Waals surface area contributed by atoms with Gasteiger partial charge in [0, 0.05) is 18.8 Å². The van der Waals surface area contributed by atoms with Gasteiger partial charge in [0.15, 0.2) is 0 Å². The molecule has 1 aromatic carbocycles. The average Bonchev–Trinajstić information content (AvgIpc) is 2.42. The molecule has 0 aliphatic carbocycles. The molecule has 0 unspecified atom stereocenters. The van der Waals surface area contributed by atoms with E-state index in [1.54, 1.807) is 22.5 Å². The van der Waals surface area contributed by atoms with Crippen molar-refractivity contribution in [2.24, 2.45) is 5.41 Å². The molecule has 0 atom stereocenters. The number of nitrogens with zero attached hydrogens (tertiary/aromatic N) is 1. The van der Waals surface area contributed by atoms with E-state index in [0.29, 0.717) is 23.7 Å². The van der Waals surface area contributed by atoms with Gasteiger partial charge < -0.3 is 5.73 Å². The molecule has 0 aromatic heterocycles. The Morgan fingerprint density at radius 1 is 1.30 bits per heavy atom. The minimum absolute atomic E-state index is 0.275. The maximum atomic E-state index is 12.7. The average molecular weight is 296 g/mol. The minimum atomic E-state index is -3.42. The van der Waals surface area contributed by atoms with Crippen LogP contribution in [0.3, 0.4) is 0 Å². The topological polar surface area (TPSA) is 63.4 Å². The molecule has 1 aromatic rings. The first-order chi connectivity index (χ1) is 9.28. The lowest BCUT2D eigenvalue weighted by atomic mass is 9.79. The molecule has 1 heterocycles. The molecule has 0 spiro atoms. The second-order valence-corrected chi connectivity index (χ2v) is 8.00. The van der Waals surface area contributed by atoms with E-state index >= 15 is 0 Å². The molecule has 4 nitrogen and oxygen atoms in total. The van der Waals surface area contributed by atoms with Crippen LogP contribution in [-0.2, 0) is 10.0 Å². The first kappa shape index (κ1) is 15.3. The zero-order valence-electron chi connectivity index (χ0n) is 12.5. The summed E-state index contributed by atoms with van der Waals surface area (Å²) in [5.41, 5.74) is 7.25. The van der Waals surface area contributed by atoms with E-state index in [4.69, 9.17) is 5.73 Å². The van der Waals surface area contributed by atoms with Crippen molar-refractivity contribution in [3.63, 3.8) is 0 Å². The zero-order valence-corrected chi connectivity index (χ0v) is 13.3. The number of nitrogen functional groups attached to an aromatic ring is 1. The molecule has 1 aliphatic heterocycles. The molecule has 0 saturated carbocycles. The fourth-order valence-corrected chi connectivity index (χ4v) is 4.36. The lowest BCUT2D eigenvalue weighted by Crippen LogP contribution is -2.42. The van der Waals surface area contributed by atoms with Gasteiger partial charge in [0.25, 0.3) is 0 Å². The highest BCUT2D eigenvalue weighted by molar-refractivity contribution is 7.89. The molecule has 1 saturated heterocycles. The SMILES string of the molecule is CCC1(C)CCN(S(=O)(=O)c2cc(N)ccc2C)CC1. The third-order valence-electron chi connectivity index (χ3n) is 4.61. The molecule has 112 valence electrons. The van der Waals surface area contributed by atoms with E-state index in [1.807, 2.05) is 6.92 Å². The summed E-state index contributed by atoms with van der Waals surface area (Å²) < 4.78 is 27.1. The number of aryl methyl sites for hydroxylation is 1. The monoisotopic (exact) mass is 296 g/mol. The predicted molar refractivity (Wildman–Crippen MR) is 82.0 cm³/mol. The Hall–Kier alpha value is -1.07. The van der Waals surface area contributed by atoms with Gasteiger partial charge in [-0.1, -0.05) is 26.3 Å². The number of anilines is 1.